The van der Waals surface area contributed by atoms with Crippen molar-refractivity contribution in [1.82, 2.24) is 5.32 Å². The minimum atomic E-state index is -0.969. The molecular formula is C22H27NO8. The third kappa shape index (κ3) is 6.78. The molecule has 0 saturated carbocycles. The number of hydrogen-bond acceptors (Lipinski definition) is 8. The molecule has 0 saturated heterocycles. The third-order valence-corrected chi connectivity index (χ3v) is 4.27. The monoisotopic (exact) mass is 433 g/mol. The van der Waals surface area contributed by atoms with E-state index >= 15 is 0 Å². The lowest BCUT2D eigenvalue weighted by atomic mass is 10.1. The molecule has 0 bridgehead atoms. The van der Waals surface area contributed by atoms with Gasteiger partial charge in [-0.15, -0.1) is 0 Å². The molecule has 31 heavy (non-hydrogen) atoms. The summed E-state index contributed by atoms with van der Waals surface area (Å²) >= 11 is 0. The Balaban J connectivity index is 1.82. The van der Waals surface area contributed by atoms with Crippen LogP contribution in [0.4, 0.5) is 0 Å². The van der Waals surface area contributed by atoms with E-state index in [2.05, 4.69) is 5.32 Å². The predicted octanol–water partition coefficient (Wildman–Crippen LogP) is 1.85. The highest BCUT2D eigenvalue weighted by Crippen LogP contribution is 2.36. The van der Waals surface area contributed by atoms with E-state index in [0.29, 0.717) is 34.3 Å². The molecule has 0 aliphatic carbocycles. The number of amides is 1. The molecule has 0 aliphatic rings. The van der Waals surface area contributed by atoms with Gasteiger partial charge in [0.25, 0.3) is 5.91 Å². The van der Waals surface area contributed by atoms with Gasteiger partial charge < -0.3 is 34.1 Å². The summed E-state index contributed by atoms with van der Waals surface area (Å²) in [5, 5.41) is 12.7. The topological polar surface area (TPSA) is 113 Å². The van der Waals surface area contributed by atoms with E-state index in [1.54, 1.807) is 36.4 Å². The maximum Gasteiger partial charge on any atom is 0.258 e. The summed E-state index contributed by atoms with van der Waals surface area (Å²) in [6.07, 6.45) is -0.969. The molecule has 168 valence electrons. The van der Waals surface area contributed by atoms with Gasteiger partial charge in [-0.2, -0.15) is 0 Å². The van der Waals surface area contributed by atoms with E-state index < -0.39 is 12.0 Å². The van der Waals surface area contributed by atoms with Gasteiger partial charge in [0.15, 0.2) is 35.4 Å². The summed E-state index contributed by atoms with van der Waals surface area (Å²) in [6.45, 7) is 1.03. The van der Waals surface area contributed by atoms with Crippen LogP contribution in [0.2, 0.25) is 0 Å². The minimum absolute atomic E-state index is 0.0416. The van der Waals surface area contributed by atoms with Crippen molar-refractivity contribution in [3.8, 4) is 28.7 Å². The smallest absolute Gasteiger partial charge is 0.258 e. The molecule has 2 rings (SSSR count). The quantitative estimate of drug-likeness (QED) is 0.488. The number of ketones is 1. The first-order chi connectivity index (χ1) is 14.9. The first kappa shape index (κ1) is 23.8. The maximum absolute atomic E-state index is 12.0. The van der Waals surface area contributed by atoms with Crippen molar-refractivity contribution in [2.75, 3.05) is 41.1 Å². The summed E-state index contributed by atoms with van der Waals surface area (Å²) in [5.41, 5.74) is 0.475. The van der Waals surface area contributed by atoms with Crippen LogP contribution < -0.4 is 29.0 Å². The molecule has 0 spiro atoms. The number of ether oxygens (including phenoxy) is 5. The fourth-order valence-corrected chi connectivity index (χ4v) is 2.63. The number of Topliss-reactive ketones (excluding diaryl/α,β-unsaturated/α-hetero) is 1. The van der Waals surface area contributed by atoms with Crippen molar-refractivity contribution < 1.29 is 38.4 Å². The van der Waals surface area contributed by atoms with Crippen LogP contribution >= 0.6 is 0 Å². The Morgan fingerprint density at radius 2 is 1.58 bits per heavy atom. The molecule has 1 amide bonds. The lowest BCUT2D eigenvalue weighted by molar-refractivity contribution is -0.123. The lowest BCUT2D eigenvalue weighted by Gasteiger charge is -2.17. The van der Waals surface area contributed by atoms with Crippen LogP contribution in [-0.2, 0) is 4.79 Å². The molecule has 1 atom stereocenters. The third-order valence-electron chi connectivity index (χ3n) is 4.27. The van der Waals surface area contributed by atoms with Crippen LogP contribution in [0.5, 0.6) is 28.7 Å². The minimum Gasteiger partial charge on any atom is -0.493 e. The molecule has 1 unspecified atom stereocenters. The van der Waals surface area contributed by atoms with Crippen molar-refractivity contribution in [1.29, 1.82) is 0 Å². The number of benzene rings is 2. The first-order valence-corrected chi connectivity index (χ1v) is 9.49. The van der Waals surface area contributed by atoms with Crippen LogP contribution in [-0.4, -0.2) is 64.0 Å². The standard InChI is InChI=1S/C22H27NO8/c1-14(24)15-8-9-17(20(10-15)29-4)30-13-21(26)23-11-16(25)12-31-22-18(27-2)6-5-7-19(22)28-3/h5-10,16,25H,11-13H2,1-4H3,(H,23,26). The van der Waals surface area contributed by atoms with Crippen molar-refractivity contribution >= 4 is 11.7 Å². The van der Waals surface area contributed by atoms with Gasteiger partial charge in [0.2, 0.25) is 5.75 Å². The van der Waals surface area contributed by atoms with Crippen molar-refractivity contribution in [2.24, 2.45) is 0 Å². The van der Waals surface area contributed by atoms with Gasteiger partial charge >= 0.3 is 0 Å². The molecule has 2 aromatic rings. The zero-order chi connectivity index (χ0) is 22.8. The summed E-state index contributed by atoms with van der Waals surface area (Å²) in [7, 11) is 4.45. The number of nitrogens with one attached hydrogen (secondary N) is 1. The Labute approximate surface area is 180 Å². The highest BCUT2D eigenvalue weighted by atomic mass is 16.5. The summed E-state index contributed by atoms with van der Waals surface area (Å²) in [4.78, 5) is 23.5. The Kier molecular flexibility index (Phi) is 8.95. The summed E-state index contributed by atoms with van der Waals surface area (Å²) in [5.74, 6) is 1.43. The number of aliphatic hydroxyl groups excluding tert-OH is 1. The largest absolute Gasteiger partial charge is 0.493 e. The first-order valence-electron chi connectivity index (χ1n) is 9.49. The van der Waals surface area contributed by atoms with Crippen LogP contribution in [0.3, 0.4) is 0 Å². The number of rotatable bonds is 12. The van der Waals surface area contributed by atoms with E-state index in [9.17, 15) is 14.7 Å². The van der Waals surface area contributed by atoms with Gasteiger partial charge in [-0.3, -0.25) is 9.59 Å². The van der Waals surface area contributed by atoms with E-state index in [-0.39, 0.29) is 25.5 Å². The van der Waals surface area contributed by atoms with E-state index in [4.69, 9.17) is 23.7 Å². The molecule has 0 aliphatic heterocycles. The van der Waals surface area contributed by atoms with Crippen LogP contribution in [0.1, 0.15) is 17.3 Å². The lowest BCUT2D eigenvalue weighted by Crippen LogP contribution is -2.37. The zero-order valence-corrected chi connectivity index (χ0v) is 18.0. The highest BCUT2D eigenvalue weighted by molar-refractivity contribution is 5.94. The molecule has 0 fully saturated rings. The average molecular weight is 433 g/mol. The highest BCUT2D eigenvalue weighted by Gasteiger charge is 2.15. The number of methoxy groups -OCH3 is 3. The van der Waals surface area contributed by atoms with Crippen LogP contribution in [0.15, 0.2) is 36.4 Å². The SMILES string of the molecule is COc1cc(C(C)=O)ccc1OCC(=O)NCC(O)COc1c(OC)cccc1OC. The Hall–Kier alpha value is -3.46. The molecule has 9 heteroatoms. The molecule has 2 N–H and O–H groups in total. The molecule has 0 heterocycles. The van der Waals surface area contributed by atoms with Gasteiger partial charge in [-0.05, 0) is 37.3 Å². The fourth-order valence-electron chi connectivity index (χ4n) is 2.63. The number of carbonyl (C=O) groups excluding carboxylic acids is 2. The van der Waals surface area contributed by atoms with Gasteiger partial charge in [0.1, 0.15) is 12.7 Å². The van der Waals surface area contributed by atoms with E-state index in [0.717, 1.165) is 0 Å². The number of aliphatic hydroxyl groups is 1. The number of carbonyl (C=O) groups is 2. The Bertz CT molecular complexity index is 877. The van der Waals surface area contributed by atoms with Crippen molar-refractivity contribution in [3.63, 3.8) is 0 Å². The Morgan fingerprint density at radius 1 is 0.935 bits per heavy atom. The number of para-hydroxylation sites is 1. The molecule has 9 nitrogen and oxygen atoms in total. The van der Waals surface area contributed by atoms with Crippen molar-refractivity contribution in [3.05, 3.63) is 42.0 Å². The van der Waals surface area contributed by atoms with Gasteiger partial charge in [-0.25, -0.2) is 0 Å². The molecule has 0 aromatic heterocycles. The zero-order valence-electron chi connectivity index (χ0n) is 18.0. The second kappa shape index (κ2) is 11.7. The fraction of sp³-hybridized carbons (Fsp3) is 0.364. The second-order valence-electron chi connectivity index (χ2n) is 6.47. The molecular weight excluding hydrogens is 406 g/mol. The van der Waals surface area contributed by atoms with Gasteiger partial charge in [-0.1, -0.05) is 6.07 Å². The van der Waals surface area contributed by atoms with Gasteiger partial charge in [0.05, 0.1) is 21.3 Å². The normalized spacial score (nSPS) is 11.3. The van der Waals surface area contributed by atoms with Crippen LogP contribution in [0.25, 0.3) is 0 Å². The van der Waals surface area contributed by atoms with Crippen LogP contribution in [0, 0.1) is 0 Å². The van der Waals surface area contributed by atoms with Crippen molar-refractivity contribution in [2.45, 2.75) is 13.0 Å². The Morgan fingerprint density at radius 3 is 2.16 bits per heavy atom. The summed E-state index contributed by atoms with van der Waals surface area (Å²) in [6, 6.07) is 9.87. The maximum atomic E-state index is 12.0. The predicted molar refractivity (Wildman–Crippen MR) is 113 cm³/mol. The summed E-state index contributed by atoms with van der Waals surface area (Å²) < 4.78 is 26.7. The molecule has 0 radical (unpaired) electrons. The van der Waals surface area contributed by atoms with E-state index in [1.807, 2.05) is 0 Å². The van der Waals surface area contributed by atoms with Gasteiger partial charge in [0, 0.05) is 12.1 Å². The second-order valence-corrected chi connectivity index (χ2v) is 6.47. The molecule has 2 aromatic carbocycles. The van der Waals surface area contributed by atoms with E-state index in [1.165, 1.54) is 28.3 Å². The number of hydrogen-bond donors (Lipinski definition) is 2. The average Bonchev–Trinajstić information content (AvgIpc) is 2.79.